The zero-order chi connectivity index (χ0) is 20.6. The lowest BCUT2D eigenvalue weighted by molar-refractivity contribution is -0.133. The number of likely N-dealkylation sites (N-methyl/N-ethyl adjacent to an activating group) is 1. The first kappa shape index (κ1) is 20.9. The first-order valence-corrected chi connectivity index (χ1v) is 10.9. The van der Waals surface area contributed by atoms with Gasteiger partial charge in [0.1, 0.15) is 10.6 Å². The van der Waals surface area contributed by atoms with E-state index in [0.29, 0.717) is 30.6 Å². The number of likely N-dealkylation sites (tertiary alicyclic amines) is 1. The topological polar surface area (TPSA) is 96.0 Å². The van der Waals surface area contributed by atoms with Crippen molar-refractivity contribution in [3.05, 3.63) is 17.2 Å². The largest absolute Gasteiger partial charge is 0.482 e. The fraction of sp³-hybridized carbons (Fsp3) is 0.556. The number of hydrogen-bond acceptors (Lipinski definition) is 5. The molecule has 0 spiro atoms. The molecule has 2 heterocycles. The highest BCUT2D eigenvalue weighted by molar-refractivity contribution is 7.89. The lowest BCUT2D eigenvalue weighted by atomic mass is 9.92. The first-order chi connectivity index (χ1) is 13.1. The highest BCUT2D eigenvalue weighted by Crippen LogP contribution is 2.36. The van der Waals surface area contributed by atoms with E-state index in [1.165, 1.54) is 19.2 Å². The average Bonchev–Trinajstić information content (AvgIpc) is 2.59. The number of ether oxygens (including phenoxy) is 1. The molecule has 1 aromatic carbocycles. The third-order valence-corrected chi connectivity index (χ3v) is 7.20. The predicted molar refractivity (Wildman–Crippen MR) is 105 cm³/mol. The third kappa shape index (κ3) is 4.26. The Morgan fingerprint density at radius 2 is 1.96 bits per heavy atom. The number of fused-ring (bicyclic) bond motifs is 1. The Hall–Kier alpha value is -1.84. The van der Waals surface area contributed by atoms with Gasteiger partial charge in [-0.2, -0.15) is 4.31 Å². The van der Waals surface area contributed by atoms with Gasteiger partial charge in [0.05, 0.1) is 17.3 Å². The summed E-state index contributed by atoms with van der Waals surface area (Å²) in [5.41, 5.74) is 0.315. The Morgan fingerprint density at radius 1 is 1.32 bits per heavy atom. The van der Waals surface area contributed by atoms with Crippen LogP contribution >= 0.6 is 11.6 Å². The van der Waals surface area contributed by atoms with Gasteiger partial charge in [-0.25, -0.2) is 8.42 Å². The van der Waals surface area contributed by atoms with Crippen LogP contribution in [0.25, 0.3) is 0 Å². The lowest BCUT2D eigenvalue weighted by Gasteiger charge is -2.35. The van der Waals surface area contributed by atoms with E-state index in [4.69, 9.17) is 16.3 Å². The molecule has 0 aliphatic carbocycles. The quantitative estimate of drug-likeness (QED) is 0.787. The van der Waals surface area contributed by atoms with E-state index in [0.717, 1.165) is 10.7 Å². The smallest absolute Gasteiger partial charge is 0.262 e. The summed E-state index contributed by atoms with van der Waals surface area (Å²) in [4.78, 5) is 25.6. The van der Waals surface area contributed by atoms with Crippen molar-refractivity contribution in [2.24, 2.45) is 11.8 Å². The Bertz CT molecular complexity index is 895. The van der Waals surface area contributed by atoms with Gasteiger partial charge in [0, 0.05) is 26.2 Å². The number of anilines is 1. The van der Waals surface area contributed by atoms with Gasteiger partial charge < -0.3 is 15.0 Å². The van der Waals surface area contributed by atoms with Crippen LogP contribution in [0.2, 0.25) is 5.02 Å². The minimum atomic E-state index is -4.02. The molecular weight excluding hydrogens is 406 g/mol. The summed E-state index contributed by atoms with van der Waals surface area (Å²) >= 11 is 6.15. The molecule has 2 aliphatic heterocycles. The number of halogens is 1. The molecule has 0 aromatic heterocycles. The van der Waals surface area contributed by atoms with E-state index in [1.807, 2.05) is 0 Å². The summed E-state index contributed by atoms with van der Waals surface area (Å²) < 4.78 is 32.2. The molecule has 1 saturated heterocycles. The summed E-state index contributed by atoms with van der Waals surface area (Å²) in [6.45, 7) is 4.96. The molecule has 0 saturated carbocycles. The monoisotopic (exact) mass is 429 g/mol. The molecule has 0 radical (unpaired) electrons. The van der Waals surface area contributed by atoms with Crippen LogP contribution in [0.15, 0.2) is 17.0 Å². The Balaban J connectivity index is 1.79. The maximum absolute atomic E-state index is 13.0. The highest BCUT2D eigenvalue weighted by Gasteiger charge is 2.31. The molecule has 1 fully saturated rings. The van der Waals surface area contributed by atoms with Crippen LogP contribution in [0, 0.1) is 11.8 Å². The zero-order valence-corrected chi connectivity index (χ0v) is 17.6. The van der Waals surface area contributed by atoms with Crippen molar-refractivity contribution in [3.63, 3.8) is 0 Å². The number of amides is 2. The summed E-state index contributed by atoms with van der Waals surface area (Å²) in [6, 6.07) is 2.61. The van der Waals surface area contributed by atoms with Gasteiger partial charge >= 0.3 is 0 Å². The molecule has 8 nitrogen and oxygen atoms in total. The molecule has 0 bridgehead atoms. The van der Waals surface area contributed by atoms with Gasteiger partial charge in [-0.15, -0.1) is 0 Å². The van der Waals surface area contributed by atoms with Crippen LogP contribution < -0.4 is 10.1 Å². The summed E-state index contributed by atoms with van der Waals surface area (Å²) in [5, 5.41) is 2.52. The van der Waals surface area contributed by atoms with Crippen molar-refractivity contribution in [2.45, 2.75) is 25.2 Å². The van der Waals surface area contributed by atoms with Crippen LogP contribution in [-0.2, 0) is 19.6 Å². The molecule has 2 aliphatic rings. The third-order valence-electron chi connectivity index (χ3n) is 4.93. The van der Waals surface area contributed by atoms with Crippen LogP contribution in [0.3, 0.4) is 0 Å². The van der Waals surface area contributed by atoms with Crippen molar-refractivity contribution < 1.29 is 22.7 Å². The first-order valence-electron chi connectivity index (χ1n) is 9.08. The van der Waals surface area contributed by atoms with Crippen molar-refractivity contribution in [2.75, 3.05) is 38.6 Å². The second-order valence-electron chi connectivity index (χ2n) is 7.62. The Morgan fingerprint density at radius 3 is 2.61 bits per heavy atom. The maximum Gasteiger partial charge on any atom is 0.262 e. The molecular formula is C18H24ClN3O5S. The normalized spacial score (nSPS) is 22.5. The van der Waals surface area contributed by atoms with Crippen LogP contribution in [-0.4, -0.2) is 62.7 Å². The predicted octanol–water partition coefficient (Wildman–Crippen LogP) is 1.80. The molecule has 154 valence electrons. The Kier molecular flexibility index (Phi) is 5.88. The minimum Gasteiger partial charge on any atom is -0.482 e. The summed E-state index contributed by atoms with van der Waals surface area (Å²) in [5.74, 6) is 0.420. The number of benzene rings is 1. The van der Waals surface area contributed by atoms with E-state index in [-0.39, 0.29) is 40.6 Å². The van der Waals surface area contributed by atoms with Gasteiger partial charge in [-0.3, -0.25) is 9.59 Å². The molecule has 2 unspecified atom stereocenters. The van der Waals surface area contributed by atoms with E-state index in [9.17, 15) is 18.0 Å². The van der Waals surface area contributed by atoms with E-state index in [2.05, 4.69) is 19.2 Å². The number of carbonyl (C=O) groups excluding carboxylic acids is 2. The Labute approximate surface area is 169 Å². The molecule has 28 heavy (non-hydrogen) atoms. The highest BCUT2D eigenvalue weighted by atomic mass is 35.5. The minimum absolute atomic E-state index is 0.0518. The van der Waals surface area contributed by atoms with Crippen molar-refractivity contribution in [1.29, 1.82) is 0 Å². The number of sulfonamides is 1. The van der Waals surface area contributed by atoms with Crippen LogP contribution in [0.1, 0.15) is 20.3 Å². The fourth-order valence-corrected chi connectivity index (χ4v) is 5.32. The fourth-order valence-electron chi connectivity index (χ4n) is 3.69. The van der Waals surface area contributed by atoms with E-state index in [1.54, 1.807) is 4.90 Å². The SMILES string of the molecule is CC1CC(C)CN(C(=O)CN(C)S(=O)(=O)c2cc3c(cc2Cl)NC(=O)CO3)C1. The molecule has 2 atom stereocenters. The lowest BCUT2D eigenvalue weighted by Crippen LogP contribution is -2.47. The standard InChI is InChI=1S/C18H24ClN3O5S/c1-11-4-12(2)8-22(7-11)18(24)9-21(3)28(25,26)16-6-15-14(5-13(16)19)20-17(23)10-27-15/h5-6,11-12H,4,7-10H2,1-3H3,(H,20,23). The number of nitrogens with one attached hydrogen (secondary N) is 1. The van der Waals surface area contributed by atoms with Gasteiger partial charge in [-0.05, 0) is 24.3 Å². The second-order valence-corrected chi connectivity index (χ2v) is 10.0. The second kappa shape index (κ2) is 7.88. The number of hydrogen-bond donors (Lipinski definition) is 1. The van der Waals surface area contributed by atoms with Gasteiger partial charge in [0.2, 0.25) is 15.9 Å². The maximum atomic E-state index is 13.0. The molecule has 2 amide bonds. The number of piperidine rings is 1. The number of rotatable bonds is 4. The molecule has 1 aromatic rings. The van der Waals surface area contributed by atoms with Crippen LogP contribution in [0.5, 0.6) is 5.75 Å². The van der Waals surface area contributed by atoms with Crippen molar-refractivity contribution in [1.82, 2.24) is 9.21 Å². The number of carbonyl (C=O) groups is 2. The van der Waals surface area contributed by atoms with E-state index >= 15 is 0 Å². The molecule has 1 N–H and O–H groups in total. The van der Waals surface area contributed by atoms with Crippen molar-refractivity contribution in [3.8, 4) is 5.75 Å². The van der Waals surface area contributed by atoms with Gasteiger partial charge in [0.25, 0.3) is 5.91 Å². The zero-order valence-electron chi connectivity index (χ0n) is 16.1. The molecule has 10 heteroatoms. The van der Waals surface area contributed by atoms with Gasteiger partial charge in [-0.1, -0.05) is 25.4 Å². The van der Waals surface area contributed by atoms with Crippen LogP contribution in [0.4, 0.5) is 5.69 Å². The summed E-state index contributed by atoms with van der Waals surface area (Å²) in [7, 11) is -2.67. The van der Waals surface area contributed by atoms with E-state index < -0.39 is 10.0 Å². The summed E-state index contributed by atoms with van der Waals surface area (Å²) in [6.07, 6.45) is 1.05. The van der Waals surface area contributed by atoms with Gasteiger partial charge in [0.15, 0.2) is 6.61 Å². The average molecular weight is 430 g/mol. The van der Waals surface area contributed by atoms with Crippen molar-refractivity contribution >= 4 is 39.1 Å². The molecule has 3 rings (SSSR count). The number of nitrogens with zero attached hydrogens (tertiary/aromatic N) is 2.